The molecule has 0 spiro atoms. The van der Waals surface area contributed by atoms with Gasteiger partial charge < -0.3 is 5.32 Å². The Kier molecular flexibility index (Phi) is 7.09. The molecule has 0 unspecified atom stereocenters. The Bertz CT molecular complexity index is 744. The fourth-order valence-corrected chi connectivity index (χ4v) is 3.67. The van der Waals surface area contributed by atoms with Crippen molar-refractivity contribution in [1.29, 1.82) is 5.26 Å². The Morgan fingerprint density at radius 1 is 1.21 bits per heavy atom. The van der Waals surface area contributed by atoms with Crippen molar-refractivity contribution in [2.24, 2.45) is 0 Å². The molecule has 24 heavy (non-hydrogen) atoms. The molecule has 1 heterocycles. The first-order valence-electron chi connectivity index (χ1n) is 7.43. The van der Waals surface area contributed by atoms with Gasteiger partial charge in [-0.15, -0.1) is 11.8 Å². The van der Waals surface area contributed by atoms with Gasteiger partial charge in [-0.1, -0.05) is 30.0 Å². The summed E-state index contributed by atoms with van der Waals surface area (Å²) < 4.78 is 0. The summed E-state index contributed by atoms with van der Waals surface area (Å²) in [6.45, 7) is 4.16. The van der Waals surface area contributed by atoms with Gasteiger partial charge in [-0.3, -0.25) is 4.79 Å². The number of amides is 1. The highest BCUT2D eigenvalue weighted by molar-refractivity contribution is 8.00. The molecule has 5 nitrogen and oxygen atoms in total. The van der Waals surface area contributed by atoms with Crippen LogP contribution in [0.4, 0.5) is 0 Å². The van der Waals surface area contributed by atoms with Crippen molar-refractivity contribution in [3.8, 4) is 6.07 Å². The van der Waals surface area contributed by atoms with Crippen LogP contribution in [0.5, 0.6) is 0 Å². The van der Waals surface area contributed by atoms with E-state index in [2.05, 4.69) is 21.4 Å². The van der Waals surface area contributed by atoms with E-state index >= 15 is 0 Å². The zero-order valence-electron chi connectivity index (χ0n) is 13.6. The van der Waals surface area contributed by atoms with Crippen LogP contribution in [0.25, 0.3) is 0 Å². The van der Waals surface area contributed by atoms with Gasteiger partial charge in [0.25, 0.3) is 0 Å². The number of aryl methyl sites for hydroxylation is 2. The average molecular weight is 358 g/mol. The number of hydrogen-bond acceptors (Lipinski definition) is 6. The Balaban J connectivity index is 1.77. The van der Waals surface area contributed by atoms with Crippen LogP contribution in [0.3, 0.4) is 0 Å². The van der Waals surface area contributed by atoms with Crippen molar-refractivity contribution in [2.75, 3.05) is 18.1 Å². The van der Waals surface area contributed by atoms with Crippen molar-refractivity contribution in [2.45, 2.75) is 23.8 Å². The van der Waals surface area contributed by atoms with Crippen molar-refractivity contribution in [3.63, 3.8) is 0 Å². The predicted molar refractivity (Wildman–Crippen MR) is 97.1 cm³/mol. The summed E-state index contributed by atoms with van der Waals surface area (Å²) in [6.07, 6.45) is 0. The van der Waals surface area contributed by atoms with Crippen LogP contribution in [0.15, 0.2) is 40.3 Å². The molecule has 0 aliphatic carbocycles. The summed E-state index contributed by atoms with van der Waals surface area (Å²) in [4.78, 5) is 21.5. The van der Waals surface area contributed by atoms with E-state index in [1.807, 2.05) is 30.3 Å². The van der Waals surface area contributed by atoms with E-state index in [4.69, 9.17) is 0 Å². The van der Waals surface area contributed by atoms with E-state index in [9.17, 15) is 10.1 Å². The molecule has 0 aliphatic rings. The number of benzene rings is 1. The number of carbonyl (C=O) groups is 1. The topological polar surface area (TPSA) is 78.7 Å². The molecule has 2 rings (SSSR count). The van der Waals surface area contributed by atoms with Gasteiger partial charge in [-0.2, -0.15) is 5.26 Å². The van der Waals surface area contributed by atoms with Crippen LogP contribution < -0.4 is 5.32 Å². The second-order valence-electron chi connectivity index (χ2n) is 4.95. The number of nitrogens with zero attached hydrogens (tertiary/aromatic N) is 3. The average Bonchev–Trinajstić information content (AvgIpc) is 2.57. The van der Waals surface area contributed by atoms with Gasteiger partial charge >= 0.3 is 0 Å². The lowest BCUT2D eigenvalue weighted by atomic mass is 10.3. The zero-order valence-corrected chi connectivity index (χ0v) is 15.2. The molecule has 0 radical (unpaired) electrons. The summed E-state index contributed by atoms with van der Waals surface area (Å²) in [6, 6.07) is 12.2. The standard InChI is InChI=1S/C17H18N4OS2/c1-12-15(10-18)17(21-13(2)20-12)24-11-16(22)19-8-9-23-14-6-4-3-5-7-14/h3-7H,8-9,11H2,1-2H3,(H,19,22). The van der Waals surface area contributed by atoms with E-state index in [0.717, 1.165) is 5.75 Å². The molecule has 0 saturated carbocycles. The van der Waals surface area contributed by atoms with Gasteiger partial charge in [-0.05, 0) is 26.0 Å². The second-order valence-corrected chi connectivity index (χ2v) is 7.08. The van der Waals surface area contributed by atoms with Crippen LogP contribution in [0, 0.1) is 25.2 Å². The minimum absolute atomic E-state index is 0.0635. The predicted octanol–water partition coefficient (Wildman–Crippen LogP) is 2.97. The SMILES string of the molecule is Cc1nc(C)c(C#N)c(SCC(=O)NCCSc2ccccc2)n1. The lowest BCUT2D eigenvalue weighted by Gasteiger charge is -2.07. The Morgan fingerprint density at radius 3 is 2.67 bits per heavy atom. The molecule has 0 bridgehead atoms. The maximum absolute atomic E-state index is 11.9. The van der Waals surface area contributed by atoms with Gasteiger partial charge in [0.1, 0.15) is 22.5 Å². The number of hydrogen-bond donors (Lipinski definition) is 1. The summed E-state index contributed by atoms with van der Waals surface area (Å²) in [5.74, 6) is 1.59. The lowest BCUT2D eigenvalue weighted by Crippen LogP contribution is -2.27. The molecule has 1 aromatic heterocycles. The third-order valence-corrected chi connectivity index (χ3v) is 5.05. The molecule has 0 saturated heterocycles. The maximum Gasteiger partial charge on any atom is 0.230 e. The van der Waals surface area contributed by atoms with E-state index in [0.29, 0.717) is 28.7 Å². The summed E-state index contributed by atoms with van der Waals surface area (Å²) in [5, 5.41) is 12.6. The molecular formula is C17H18N4OS2. The first-order chi connectivity index (χ1) is 11.6. The van der Waals surface area contributed by atoms with E-state index in [1.165, 1.54) is 16.7 Å². The molecular weight excluding hydrogens is 340 g/mol. The van der Waals surface area contributed by atoms with Crippen molar-refractivity contribution in [3.05, 3.63) is 47.4 Å². The van der Waals surface area contributed by atoms with E-state index in [1.54, 1.807) is 25.6 Å². The highest BCUT2D eigenvalue weighted by Crippen LogP contribution is 2.21. The fourth-order valence-electron chi connectivity index (χ4n) is 1.98. The molecule has 7 heteroatoms. The van der Waals surface area contributed by atoms with Crippen molar-refractivity contribution >= 4 is 29.4 Å². The molecule has 0 fully saturated rings. The quantitative estimate of drug-likeness (QED) is 0.466. The molecule has 1 aromatic carbocycles. The zero-order chi connectivity index (χ0) is 17.4. The maximum atomic E-state index is 11.9. The van der Waals surface area contributed by atoms with Crippen LogP contribution in [-0.2, 0) is 4.79 Å². The molecule has 124 valence electrons. The number of nitriles is 1. The first-order valence-corrected chi connectivity index (χ1v) is 9.40. The third kappa shape index (κ3) is 5.55. The summed E-state index contributed by atoms with van der Waals surface area (Å²) >= 11 is 2.97. The monoisotopic (exact) mass is 358 g/mol. The van der Waals surface area contributed by atoms with Crippen molar-refractivity contribution < 1.29 is 4.79 Å². The van der Waals surface area contributed by atoms with Gasteiger partial charge in [0, 0.05) is 17.2 Å². The highest BCUT2D eigenvalue weighted by atomic mass is 32.2. The largest absolute Gasteiger partial charge is 0.355 e. The minimum Gasteiger partial charge on any atom is -0.355 e. The van der Waals surface area contributed by atoms with E-state index < -0.39 is 0 Å². The van der Waals surface area contributed by atoms with Gasteiger partial charge in [0.05, 0.1) is 11.4 Å². The fraction of sp³-hybridized carbons (Fsp3) is 0.294. The normalized spacial score (nSPS) is 10.2. The Labute approximate surface area is 150 Å². The van der Waals surface area contributed by atoms with Crippen LogP contribution in [0.1, 0.15) is 17.1 Å². The highest BCUT2D eigenvalue weighted by Gasteiger charge is 2.12. The van der Waals surface area contributed by atoms with Gasteiger partial charge in [-0.25, -0.2) is 9.97 Å². The lowest BCUT2D eigenvalue weighted by molar-refractivity contribution is -0.118. The molecule has 0 aliphatic heterocycles. The molecule has 2 aromatic rings. The number of nitrogens with one attached hydrogen (secondary N) is 1. The first kappa shape index (κ1) is 18.3. The Hall–Kier alpha value is -2.04. The Morgan fingerprint density at radius 2 is 1.96 bits per heavy atom. The molecule has 1 N–H and O–H groups in total. The van der Waals surface area contributed by atoms with E-state index in [-0.39, 0.29) is 11.7 Å². The molecule has 0 atom stereocenters. The second kappa shape index (κ2) is 9.30. The van der Waals surface area contributed by atoms with Crippen LogP contribution in [0.2, 0.25) is 0 Å². The van der Waals surface area contributed by atoms with Crippen LogP contribution in [-0.4, -0.2) is 33.9 Å². The number of aromatic nitrogens is 2. The van der Waals surface area contributed by atoms with Crippen molar-refractivity contribution in [1.82, 2.24) is 15.3 Å². The third-order valence-electron chi connectivity index (χ3n) is 3.06. The number of carbonyl (C=O) groups excluding carboxylic acids is 1. The van der Waals surface area contributed by atoms with Crippen LogP contribution >= 0.6 is 23.5 Å². The van der Waals surface area contributed by atoms with Gasteiger partial charge in [0.15, 0.2) is 0 Å². The summed E-state index contributed by atoms with van der Waals surface area (Å²) in [7, 11) is 0. The summed E-state index contributed by atoms with van der Waals surface area (Å²) in [5.41, 5.74) is 1.09. The smallest absolute Gasteiger partial charge is 0.230 e. The minimum atomic E-state index is -0.0635. The van der Waals surface area contributed by atoms with Gasteiger partial charge in [0.2, 0.25) is 5.91 Å². The number of rotatable bonds is 7. The molecule has 1 amide bonds. The number of thioether (sulfide) groups is 2.